The molecule has 1 rings (SSSR count). The summed E-state index contributed by atoms with van der Waals surface area (Å²) in [6.07, 6.45) is 1.72. The van der Waals surface area contributed by atoms with Crippen molar-refractivity contribution in [1.82, 2.24) is 0 Å². The lowest BCUT2D eigenvalue weighted by Gasteiger charge is -2.06. The Hall–Kier alpha value is -1.02. The van der Waals surface area contributed by atoms with Gasteiger partial charge in [0.15, 0.2) is 0 Å². The van der Waals surface area contributed by atoms with Crippen LogP contribution in [0.3, 0.4) is 0 Å². The molecule has 0 atom stereocenters. The third-order valence-electron chi connectivity index (χ3n) is 1.59. The van der Waals surface area contributed by atoms with E-state index in [4.69, 9.17) is 16.3 Å². The molecule has 76 valence electrons. The van der Waals surface area contributed by atoms with Crippen molar-refractivity contribution < 1.29 is 4.74 Å². The van der Waals surface area contributed by atoms with Gasteiger partial charge in [-0.1, -0.05) is 0 Å². The van der Waals surface area contributed by atoms with Gasteiger partial charge in [0.05, 0.1) is 17.7 Å². The van der Waals surface area contributed by atoms with E-state index in [9.17, 15) is 0 Å². The van der Waals surface area contributed by atoms with E-state index in [2.05, 4.69) is 4.99 Å². The summed E-state index contributed by atoms with van der Waals surface area (Å²) in [6, 6.07) is 7.51. The van der Waals surface area contributed by atoms with Crippen molar-refractivity contribution in [3.63, 3.8) is 0 Å². The Morgan fingerprint density at radius 1 is 1.29 bits per heavy atom. The summed E-state index contributed by atoms with van der Waals surface area (Å²) in [5.41, 5.74) is 0.875. The fraction of sp³-hybridized carbons (Fsp3) is 0.364. The first kappa shape index (κ1) is 11.1. The number of benzene rings is 1. The van der Waals surface area contributed by atoms with Gasteiger partial charge in [-0.3, -0.25) is 4.99 Å². The van der Waals surface area contributed by atoms with Crippen LogP contribution in [0.5, 0.6) is 5.75 Å². The molecule has 3 heteroatoms. The normalized spacial score (nSPS) is 12.0. The molecule has 0 radical (unpaired) electrons. The molecule has 1 aromatic rings. The van der Waals surface area contributed by atoms with Gasteiger partial charge in [-0.25, -0.2) is 0 Å². The average Bonchev–Trinajstić information content (AvgIpc) is 2.14. The van der Waals surface area contributed by atoms with E-state index >= 15 is 0 Å². The molecule has 0 heterocycles. The molecule has 0 aliphatic carbocycles. The van der Waals surface area contributed by atoms with Gasteiger partial charge < -0.3 is 4.74 Å². The minimum atomic E-state index is -0.403. The second kappa shape index (κ2) is 4.47. The first-order valence-electron chi connectivity index (χ1n) is 4.39. The molecule has 0 amide bonds. The van der Waals surface area contributed by atoms with Crippen molar-refractivity contribution in [1.29, 1.82) is 0 Å². The smallest absolute Gasteiger partial charge is 0.119 e. The zero-order valence-electron chi connectivity index (χ0n) is 8.62. The molecule has 0 aliphatic heterocycles. The summed E-state index contributed by atoms with van der Waals surface area (Å²) in [4.78, 5) is 3.84. The molecule has 0 spiro atoms. The van der Waals surface area contributed by atoms with Gasteiger partial charge in [-0.15, -0.1) is 11.6 Å². The van der Waals surface area contributed by atoms with Crippen LogP contribution in [0.15, 0.2) is 29.3 Å². The van der Waals surface area contributed by atoms with Gasteiger partial charge in [0.25, 0.3) is 0 Å². The Labute approximate surface area is 89.6 Å². The van der Waals surface area contributed by atoms with Crippen LogP contribution in [0, 0.1) is 0 Å². The van der Waals surface area contributed by atoms with Crippen molar-refractivity contribution in [2.24, 2.45) is 4.99 Å². The monoisotopic (exact) mass is 211 g/mol. The Balaban J connectivity index is 2.74. The maximum absolute atomic E-state index is 5.97. The molecule has 14 heavy (non-hydrogen) atoms. The van der Waals surface area contributed by atoms with Crippen LogP contribution >= 0.6 is 11.6 Å². The second-order valence-electron chi connectivity index (χ2n) is 3.52. The molecule has 0 aliphatic rings. The molecular weight excluding hydrogens is 198 g/mol. The Morgan fingerprint density at radius 2 is 1.86 bits per heavy atom. The van der Waals surface area contributed by atoms with Crippen LogP contribution in [-0.2, 0) is 0 Å². The van der Waals surface area contributed by atoms with Crippen LogP contribution in [0.1, 0.15) is 13.8 Å². The largest absolute Gasteiger partial charge is 0.497 e. The van der Waals surface area contributed by atoms with Crippen LogP contribution < -0.4 is 4.74 Å². The van der Waals surface area contributed by atoms with E-state index in [0.29, 0.717) is 0 Å². The first-order valence-corrected chi connectivity index (χ1v) is 4.77. The van der Waals surface area contributed by atoms with Crippen molar-refractivity contribution in [3.8, 4) is 5.75 Å². The number of methoxy groups -OCH3 is 1. The summed E-state index contributed by atoms with van der Waals surface area (Å²) in [7, 11) is 1.64. The highest BCUT2D eigenvalue weighted by atomic mass is 35.5. The number of nitrogens with zero attached hydrogens (tertiary/aromatic N) is 1. The van der Waals surface area contributed by atoms with E-state index in [-0.39, 0.29) is 0 Å². The van der Waals surface area contributed by atoms with Crippen molar-refractivity contribution in [2.45, 2.75) is 18.7 Å². The third kappa shape index (κ3) is 3.79. The molecule has 0 saturated carbocycles. The molecule has 0 unspecified atom stereocenters. The topological polar surface area (TPSA) is 21.6 Å². The quantitative estimate of drug-likeness (QED) is 0.555. The van der Waals surface area contributed by atoms with Gasteiger partial charge in [-0.05, 0) is 38.1 Å². The predicted octanol–water partition coefficient (Wildman–Crippen LogP) is 3.41. The minimum Gasteiger partial charge on any atom is -0.497 e. The lowest BCUT2D eigenvalue weighted by Crippen LogP contribution is -2.10. The van der Waals surface area contributed by atoms with Gasteiger partial charge in [0.1, 0.15) is 5.75 Å². The third-order valence-corrected chi connectivity index (χ3v) is 1.69. The average molecular weight is 212 g/mol. The van der Waals surface area contributed by atoms with Gasteiger partial charge in [0, 0.05) is 6.21 Å². The van der Waals surface area contributed by atoms with Crippen molar-refractivity contribution in [3.05, 3.63) is 24.3 Å². The number of halogens is 1. The molecule has 2 nitrogen and oxygen atoms in total. The summed E-state index contributed by atoms with van der Waals surface area (Å²) in [6.45, 7) is 3.78. The number of alkyl halides is 1. The highest BCUT2D eigenvalue weighted by molar-refractivity contribution is 6.31. The summed E-state index contributed by atoms with van der Waals surface area (Å²) < 4.78 is 5.04. The zero-order valence-corrected chi connectivity index (χ0v) is 9.38. The summed E-state index contributed by atoms with van der Waals surface area (Å²) in [5, 5.41) is 0. The van der Waals surface area contributed by atoms with Gasteiger partial charge in [-0.2, -0.15) is 0 Å². The predicted molar refractivity (Wildman–Crippen MR) is 61.1 cm³/mol. The lowest BCUT2D eigenvalue weighted by molar-refractivity contribution is 0.415. The van der Waals surface area contributed by atoms with Crippen LogP contribution in [-0.4, -0.2) is 18.2 Å². The SMILES string of the molecule is COc1ccc(N=CC(C)(C)Cl)cc1. The molecule has 0 bridgehead atoms. The maximum atomic E-state index is 5.97. The number of hydrogen-bond donors (Lipinski definition) is 0. The highest BCUT2D eigenvalue weighted by Gasteiger charge is 2.07. The Kier molecular flexibility index (Phi) is 3.53. The van der Waals surface area contributed by atoms with Crippen LogP contribution in [0.25, 0.3) is 0 Å². The van der Waals surface area contributed by atoms with E-state index in [1.807, 2.05) is 38.1 Å². The number of ether oxygens (including phenoxy) is 1. The Morgan fingerprint density at radius 3 is 2.29 bits per heavy atom. The standard InChI is InChI=1S/C11H14ClNO/c1-11(2,12)8-13-9-4-6-10(14-3)7-5-9/h4-8H,1-3H3. The van der Waals surface area contributed by atoms with Crippen LogP contribution in [0.2, 0.25) is 0 Å². The van der Waals surface area contributed by atoms with Gasteiger partial charge in [0.2, 0.25) is 0 Å². The molecule has 1 aromatic carbocycles. The van der Waals surface area contributed by atoms with Crippen molar-refractivity contribution >= 4 is 23.5 Å². The fourth-order valence-corrected chi connectivity index (χ4v) is 0.945. The molecule has 0 fully saturated rings. The molecule has 0 aromatic heterocycles. The summed E-state index contributed by atoms with van der Waals surface area (Å²) in [5.74, 6) is 0.828. The highest BCUT2D eigenvalue weighted by Crippen LogP contribution is 2.18. The summed E-state index contributed by atoms with van der Waals surface area (Å²) >= 11 is 5.97. The molecule has 0 saturated heterocycles. The van der Waals surface area contributed by atoms with E-state index in [0.717, 1.165) is 11.4 Å². The van der Waals surface area contributed by atoms with E-state index in [1.54, 1.807) is 13.3 Å². The van der Waals surface area contributed by atoms with Crippen LogP contribution in [0.4, 0.5) is 5.69 Å². The minimum absolute atomic E-state index is 0.403. The number of aliphatic imine (C=N–C) groups is 1. The second-order valence-corrected chi connectivity index (χ2v) is 4.49. The number of hydrogen-bond acceptors (Lipinski definition) is 2. The first-order chi connectivity index (χ1) is 6.51. The zero-order chi connectivity index (χ0) is 10.6. The molecule has 0 N–H and O–H groups in total. The van der Waals surface area contributed by atoms with E-state index < -0.39 is 4.87 Å². The Bertz CT molecular complexity index is 311. The lowest BCUT2D eigenvalue weighted by atomic mass is 10.2. The van der Waals surface area contributed by atoms with Gasteiger partial charge >= 0.3 is 0 Å². The van der Waals surface area contributed by atoms with Crippen molar-refractivity contribution in [2.75, 3.05) is 7.11 Å². The number of rotatable bonds is 3. The fourth-order valence-electron chi connectivity index (χ4n) is 0.896. The maximum Gasteiger partial charge on any atom is 0.119 e. The molecular formula is C11H14ClNO. The van der Waals surface area contributed by atoms with E-state index in [1.165, 1.54) is 0 Å².